The number of rotatable bonds is 7. The summed E-state index contributed by atoms with van der Waals surface area (Å²) < 4.78 is 20.9. The minimum atomic E-state index is -0.593. The minimum absolute atomic E-state index is 0.00466. The quantitative estimate of drug-likeness (QED) is 0.733. The van der Waals surface area contributed by atoms with E-state index in [-0.39, 0.29) is 24.1 Å². The van der Waals surface area contributed by atoms with Gasteiger partial charge in [-0.1, -0.05) is 36.8 Å². The maximum atomic E-state index is 14.0. The third-order valence-electron chi connectivity index (χ3n) is 4.48. The van der Waals surface area contributed by atoms with Crippen molar-refractivity contribution < 1.29 is 13.9 Å². The Balaban J connectivity index is 1.71. The maximum absolute atomic E-state index is 14.0. The molecule has 5 heteroatoms. The van der Waals surface area contributed by atoms with E-state index in [0.717, 1.165) is 24.6 Å². The highest BCUT2D eigenvalue weighted by Crippen LogP contribution is 2.26. The van der Waals surface area contributed by atoms with Crippen LogP contribution in [0.2, 0.25) is 0 Å². The Morgan fingerprint density at radius 3 is 2.78 bits per heavy atom. The van der Waals surface area contributed by atoms with Gasteiger partial charge in [0.1, 0.15) is 12.3 Å². The van der Waals surface area contributed by atoms with E-state index >= 15 is 0 Å². The number of ether oxygens (including phenoxy) is 1. The van der Waals surface area contributed by atoms with E-state index in [9.17, 15) is 9.18 Å². The van der Waals surface area contributed by atoms with Gasteiger partial charge in [-0.2, -0.15) is 5.10 Å². The van der Waals surface area contributed by atoms with Crippen LogP contribution in [0.25, 0.3) is 0 Å². The summed E-state index contributed by atoms with van der Waals surface area (Å²) in [6.45, 7) is 2.38. The van der Waals surface area contributed by atoms with Crippen molar-refractivity contribution in [3.63, 3.8) is 0 Å². The van der Waals surface area contributed by atoms with E-state index in [0.29, 0.717) is 12.5 Å². The number of carbonyl (C=O) groups is 1. The number of ketones is 1. The van der Waals surface area contributed by atoms with E-state index < -0.39 is 5.82 Å². The third-order valence-corrected chi connectivity index (χ3v) is 4.48. The standard InChI is InChI=1S/C18H21FN2O2/c1-13(15-8-3-2-4-9-15)21-18(16(19)10-20-21)17(22)12-23-11-14-6-5-7-14/h2-4,8-10,13-14H,5-7,11-12H2,1H3/t13-/m1/s1. The fourth-order valence-corrected chi connectivity index (χ4v) is 2.81. The largest absolute Gasteiger partial charge is 0.373 e. The molecule has 0 unspecified atom stereocenters. The summed E-state index contributed by atoms with van der Waals surface area (Å²) in [5, 5.41) is 4.05. The zero-order chi connectivity index (χ0) is 16.2. The molecule has 1 aliphatic rings. The van der Waals surface area contributed by atoms with E-state index in [1.54, 1.807) is 0 Å². The number of nitrogens with zero attached hydrogens (tertiary/aromatic N) is 2. The van der Waals surface area contributed by atoms with Gasteiger partial charge >= 0.3 is 0 Å². The summed E-state index contributed by atoms with van der Waals surface area (Å²) in [5.74, 6) is -0.395. The van der Waals surface area contributed by atoms with Crippen LogP contribution >= 0.6 is 0 Å². The molecular formula is C18H21FN2O2. The van der Waals surface area contributed by atoms with Gasteiger partial charge < -0.3 is 4.74 Å². The Bertz CT molecular complexity index is 665. The van der Waals surface area contributed by atoms with Crippen molar-refractivity contribution >= 4 is 5.78 Å². The molecule has 0 aliphatic heterocycles. The molecular weight excluding hydrogens is 295 g/mol. The van der Waals surface area contributed by atoms with E-state index in [2.05, 4.69) is 5.10 Å². The second-order valence-electron chi connectivity index (χ2n) is 6.11. The van der Waals surface area contributed by atoms with Gasteiger partial charge in [-0.3, -0.25) is 9.48 Å². The minimum Gasteiger partial charge on any atom is -0.373 e. The smallest absolute Gasteiger partial charge is 0.209 e. The number of halogens is 1. The molecule has 4 nitrogen and oxygen atoms in total. The van der Waals surface area contributed by atoms with Crippen LogP contribution < -0.4 is 0 Å². The predicted octanol–water partition coefficient (Wildman–Crippen LogP) is 3.63. The summed E-state index contributed by atoms with van der Waals surface area (Å²) in [4.78, 5) is 12.3. The molecule has 0 radical (unpaired) electrons. The Morgan fingerprint density at radius 1 is 1.39 bits per heavy atom. The molecule has 1 atom stereocenters. The predicted molar refractivity (Wildman–Crippen MR) is 84.9 cm³/mol. The summed E-state index contributed by atoms with van der Waals surface area (Å²) in [6, 6.07) is 9.40. The van der Waals surface area contributed by atoms with Gasteiger partial charge in [0.2, 0.25) is 5.78 Å². The molecule has 3 rings (SSSR count). The fraction of sp³-hybridized carbons (Fsp3) is 0.444. The molecule has 2 aromatic rings. The van der Waals surface area contributed by atoms with Gasteiger partial charge in [0.25, 0.3) is 0 Å². The Kier molecular flexibility index (Phi) is 4.86. The molecule has 1 saturated carbocycles. The van der Waals surface area contributed by atoms with Crippen LogP contribution in [0.4, 0.5) is 4.39 Å². The third kappa shape index (κ3) is 3.50. The van der Waals surface area contributed by atoms with Crippen LogP contribution in [-0.4, -0.2) is 28.8 Å². The number of carbonyl (C=O) groups excluding carboxylic acids is 1. The van der Waals surface area contributed by atoms with Crippen LogP contribution in [0.3, 0.4) is 0 Å². The molecule has 23 heavy (non-hydrogen) atoms. The van der Waals surface area contributed by atoms with Gasteiger partial charge in [0.15, 0.2) is 5.82 Å². The first-order valence-corrected chi connectivity index (χ1v) is 8.05. The fourth-order valence-electron chi connectivity index (χ4n) is 2.81. The molecule has 122 valence electrons. The Hall–Kier alpha value is -2.01. The van der Waals surface area contributed by atoms with E-state index in [1.165, 1.54) is 11.1 Å². The highest BCUT2D eigenvalue weighted by Gasteiger charge is 2.24. The van der Waals surface area contributed by atoms with Crippen molar-refractivity contribution in [1.82, 2.24) is 9.78 Å². The lowest BCUT2D eigenvalue weighted by atomic mass is 9.86. The average molecular weight is 316 g/mol. The molecule has 0 amide bonds. The van der Waals surface area contributed by atoms with Crippen molar-refractivity contribution in [3.8, 4) is 0 Å². The van der Waals surface area contributed by atoms with Crippen molar-refractivity contribution in [3.05, 3.63) is 53.6 Å². The summed E-state index contributed by atoms with van der Waals surface area (Å²) in [6.07, 6.45) is 4.65. The van der Waals surface area contributed by atoms with Gasteiger partial charge in [-0.25, -0.2) is 4.39 Å². The number of aromatic nitrogens is 2. The first-order valence-electron chi connectivity index (χ1n) is 8.05. The molecule has 1 aromatic heterocycles. The molecule has 0 bridgehead atoms. The van der Waals surface area contributed by atoms with Gasteiger partial charge in [0, 0.05) is 0 Å². The number of benzene rings is 1. The molecule has 1 aliphatic carbocycles. The Morgan fingerprint density at radius 2 is 2.13 bits per heavy atom. The van der Waals surface area contributed by atoms with E-state index in [4.69, 9.17) is 4.74 Å². The summed E-state index contributed by atoms with van der Waals surface area (Å²) in [5.41, 5.74) is 0.968. The van der Waals surface area contributed by atoms with Crippen molar-refractivity contribution in [1.29, 1.82) is 0 Å². The van der Waals surface area contributed by atoms with Gasteiger partial charge in [-0.15, -0.1) is 0 Å². The molecule has 1 aromatic carbocycles. The molecule has 0 saturated heterocycles. The first kappa shape index (κ1) is 15.9. The van der Waals surface area contributed by atoms with Gasteiger partial charge in [-0.05, 0) is 31.2 Å². The highest BCUT2D eigenvalue weighted by atomic mass is 19.1. The lowest BCUT2D eigenvalue weighted by Gasteiger charge is -2.24. The molecule has 0 N–H and O–H groups in total. The first-order chi connectivity index (χ1) is 11.2. The summed E-state index contributed by atoms with van der Waals surface area (Å²) >= 11 is 0. The summed E-state index contributed by atoms with van der Waals surface area (Å²) in [7, 11) is 0. The molecule has 0 spiro atoms. The highest BCUT2D eigenvalue weighted by molar-refractivity contribution is 5.95. The molecule has 1 fully saturated rings. The normalized spacial score (nSPS) is 16.1. The van der Waals surface area contributed by atoms with Crippen LogP contribution in [-0.2, 0) is 4.74 Å². The second kappa shape index (κ2) is 7.04. The number of hydrogen-bond acceptors (Lipinski definition) is 3. The van der Waals surface area contributed by atoms with Crippen LogP contribution in [0.5, 0.6) is 0 Å². The lowest BCUT2D eigenvalue weighted by molar-refractivity contribution is 0.0550. The van der Waals surface area contributed by atoms with E-state index in [1.807, 2.05) is 37.3 Å². The van der Waals surface area contributed by atoms with Crippen LogP contribution in [0, 0.1) is 11.7 Å². The number of Topliss-reactive ketones (excluding diaryl/α,β-unsaturated/α-hetero) is 1. The monoisotopic (exact) mass is 316 g/mol. The lowest BCUT2D eigenvalue weighted by Crippen LogP contribution is -2.23. The Labute approximate surface area is 135 Å². The number of hydrogen-bond donors (Lipinski definition) is 0. The van der Waals surface area contributed by atoms with Crippen molar-refractivity contribution in [2.75, 3.05) is 13.2 Å². The van der Waals surface area contributed by atoms with Gasteiger partial charge in [0.05, 0.1) is 18.8 Å². The second-order valence-corrected chi connectivity index (χ2v) is 6.11. The topological polar surface area (TPSA) is 44.1 Å². The average Bonchev–Trinajstić information content (AvgIpc) is 2.91. The SMILES string of the molecule is C[C@H](c1ccccc1)n1ncc(F)c1C(=O)COCC1CCC1. The maximum Gasteiger partial charge on any atom is 0.209 e. The van der Waals surface area contributed by atoms with Crippen molar-refractivity contribution in [2.45, 2.75) is 32.2 Å². The van der Waals surface area contributed by atoms with Crippen LogP contribution in [0.1, 0.15) is 48.3 Å². The zero-order valence-corrected chi connectivity index (χ0v) is 13.2. The zero-order valence-electron chi connectivity index (χ0n) is 13.2. The molecule has 1 heterocycles. The van der Waals surface area contributed by atoms with Crippen molar-refractivity contribution in [2.24, 2.45) is 5.92 Å². The van der Waals surface area contributed by atoms with Crippen LogP contribution in [0.15, 0.2) is 36.5 Å².